The number of nitrogens with zero attached hydrogens (tertiary/aromatic N) is 2. The van der Waals surface area contributed by atoms with Gasteiger partial charge in [0, 0.05) is 57.4 Å². The zero-order chi connectivity index (χ0) is 21.3. The molecule has 0 aromatic heterocycles. The molecule has 0 spiro atoms. The van der Waals surface area contributed by atoms with Crippen LogP contribution in [0.2, 0.25) is 0 Å². The number of ether oxygens (including phenoxy) is 2. The maximum Gasteiger partial charge on any atom is 0.166 e. The molecule has 5 nitrogen and oxygen atoms in total. The summed E-state index contributed by atoms with van der Waals surface area (Å²) in [6.07, 6.45) is 0.110. The fourth-order valence-electron chi connectivity index (χ4n) is 4.02. The minimum absolute atomic E-state index is 0. The largest absolute Gasteiger partial charge is 0.497 e. The highest BCUT2D eigenvalue weighted by molar-refractivity contribution is 5.97. The second kappa shape index (κ2) is 14.5. The van der Waals surface area contributed by atoms with Crippen LogP contribution in [-0.4, -0.2) is 68.6 Å². The third-order valence-electron chi connectivity index (χ3n) is 5.78. The Hall–Kier alpha value is -1.63. The topological polar surface area (TPSA) is 42.0 Å². The first-order valence-electron chi connectivity index (χ1n) is 10.9. The monoisotopic (exact) mass is 482 g/mol. The zero-order valence-electron chi connectivity index (χ0n) is 19.2. The van der Waals surface area contributed by atoms with Gasteiger partial charge >= 0.3 is 0 Å². The van der Waals surface area contributed by atoms with Crippen molar-refractivity contribution in [2.45, 2.75) is 20.0 Å². The number of carbonyl (C=O) groups excluding carboxylic acids is 1. The molecule has 0 bridgehead atoms. The molecule has 0 amide bonds. The van der Waals surface area contributed by atoms with Gasteiger partial charge in [0.1, 0.15) is 5.75 Å². The van der Waals surface area contributed by atoms with Crippen molar-refractivity contribution in [3.63, 3.8) is 0 Å². The minimum atomic E-state index is -0.0227. The lowest BCUT2D eigenvalue weighted by atomic mass is 9.98. The van der Waals surface area contributed by atoms with Gasteiger partial charge in [-0.15, -0.1) is 24.8 Å². The van der Waals surface area contributed by atoms with Crippen LogP contribution in [0, 0.1) is 5.92 Å². The molecule has 3 rings (SSSR count). The molecule has 0 aliphatic carbocycles. The number of methoxy groups -OCH3 is 1. The SMILES string of the molecule is CCOC(CN1CCN(CC(C)C(=O)c2ccc(OC)cc2)CC1)c1ccccc1.Cl.Cl. The first kappa shape index (κ1) is 28.4. The van der Waals surface area contributed by atoms with Crippen molar-refractivity contribution in [1.82, 2.24) is 9.80 Å². The highest BCUT2D eigenvalue weighted by Gasteiger charge is 2.24. The lowest BCUT2D eigenvalue weighted by Gasteiger charge is -2.37. The van der Waals surface area contributed by atoms with Gasteiger partial charge in [0.2, 0.25) is 0 Å². The first-order valence-corrected chi connectivity index (χ1v) is 10.9. The Morgan fingerprint density at radius 2 is 1.47 bits per heavy atom. The summed E-state index contributed by atoms with van der Waals surface area (Å²) < 4.78 is 11.2. The molecule has 1 aliphatic heterocycles. The first-order chi connectivity index (χ1) is 14.6. The van der Waals surface area contributed by atoms with Gasteiger partial charge in [0.05, 0.1) is 13.2 Å². The van der Waals surface area contributed by atoms with Crippen LogP contribution in [0.1, 0.15) is 35.9 Å². The second-order valence-corrected chi connectivity index (χ2v) is 7.95. The maximum atomic E-state index is 12.8. The van der Waals surface area contributed by atoms with Crippen LogP contribution in [0.3, 0.4) is 0 Å². The van der Waals surface area contributed by atoms with Crippen molar-refractivity contribution in [2.75, 3.05) is 53.0 Å². The molecule has 178 valence electrons. The molecule has 2 aromatic carbocycles. The smallest absolute Gasteiger partial charge is 0.166 e. The Labute approximate surface area is 204 Å². The van der Waals surface area contributed by atoms with Crippen LogP contribution in [0.4, 0.5) is 0 Å². The van der Waals surface area contributed by atoms with E-state index in [2.05, 4.69) is 41.0 Å². The van der Waals surface area contributed by atoms with E-state index in [4.69, 9.17) is 9.47 Å². The second-order valence-electron chi connectivity index (χ2n) is 7.95. The normalized spacial score (nSPS) is 16.3. The molecule has 0 saturated carbocycles. The van der Waals surface area contributed by atoms with Crippen molar-refractivity contribution in [3.05, 3.63) is 65.7 Å². The molecule has 1 saturated heterocycles. The predicted molar refractivity (Wildman–Crippen MR) is 135 cm³/mol. The standard InChI is InChI=1S/C25H34N2O3.2ClH/c1-4-30-24(21-8-6-5-7-9-21)19-27-16-14-26(15-17-27)18-20(2)25(28)22-10-12-23(29-3)13-11-22;;/h5-13,20,24H,4,14-19H2,1-3H3;2*1H. The Kier molecular flexibility index (Phi) is 12.9. The minimum Gasteiger partial charge on any atom is -0.497 e. The molecule has 2 atom stereocenters. The van der Waals surface area contributed by atoms with Gasteiger partial charge in [-0.05, 0) is 36.8 Å². The number of Topliss-reactive ketones (excluding diaryl/α,β-unsaturated/α-hetero) is 1. The van der Waals surface area contributed by atoms with E-state index in [1.165, 1.54) is 5.56 Å². The predicted octanol–water partition coefficient (Wildman–Crippen LogP) is 4.75. The van der Waals surface area contributed by atoms with Gasteiger partial charge in [0.15, 0.2) is 5.78 Å². The van der Waals surface area contributed by atoms with Crippen molar-refractivity contribution in [3.8, 4) is 5.75 Å². The average molecular weight is 483 g/mol. The summed E-state index contributed by atoms with van der Waals surface area (Å²) in [6, 6.07) is 17.9. The fraction of sp³-hybridized carbons (Fsp3) is 0.480. The Morgan fingerprint density at radius 1 is 0.906 bits per heavy atom. The van der Waals surface area contributed by atoms with Crippen molar-refractivity contribution in [1.29, 1.82) is 0 Å². The molecular weight excluding hydrogens is 447 g/mol. The Bertz CT molecular complexity index is 782. The number of piperazine rings is 1. The van der Waals surface area contributed by atoms with E-state index in [0.717, 1.165) is 50.6 Å². The molecule has 1 heterocycles. The summed E-state index contributed by atoms with van der Waals surface area (Å²) in [4.78, 5) is 17.6. The van der Waals surface area contributed by atoms with Crippen LogP contribution in [0.5, 0.6) is 5.75 Å². The molecule has 0 N–H and O–H groups in total. The van der Waals surface area contributed by atoms with Crippen LogP contribution >= 0.6 is 24.8 Å². The summed E-state index contributed by atoms with van der Waals surface area (Å²) in [5.41, 5.74) is 1.99. The number of ketones is 1. The van der Waals surface area contributed by atoms with E-state index in [1.807, 2.05) is 37.3 Å². The van der Waals surface area contributed by atoms with Gasteiger partial charge in [-0.1, -0.05) is 37.3 Å². The lowest BCUT2D eigenvalue weighted by molar-refractivity contribution is 0.0170. The quantitative estimate of drug-likeness (QED) is 0.456. The van der Waals surface area contributed by atoms with E-state index in [1.54, 1.807) is 7.11 Å². The van der Waals surface area contributed by atoms with Gasteiger partial charge in [-0.2, -0.15) is 0 Å². The fourth-order valence-corrected chi connectivity index (χ4v) is 4.02. The number of benzene rings is 2. The number of hydrogen-bond acceptors (Lipinski definition) is 5. The molecule has 2 unspecified atom stereocenters. The van der Waals surface area contributed by atoms with Gasteiger partial charge in [0.25, 0.3) is 0 Å². The van der Waals surface area contributed by atoms with E-state index >= 15 is 0 Å². The highest BCUT2D eigenvalue weighted by atomic mass is 35.5. The summed E-state index contributed by atoms with van der Waals surface area (Å²) in [5, 5.41) is 0. The molecule has 1 aliphatic rings. The summed E-state index contributed by atoms with van der Waals surface area (Å²) in [7, 11) is 1.63. The molecule has 7 heteroatoms. The maximum absolute atomic E-state index is 12.8. The summed E-state index contributed by atoms with van der Waals surface area (Å²) in [6.45, 7) is 10.5. The third kappa shape index (κ3) is 8.05. The zero-order valence-corrected chi connectivity index (χ0v) is 20.9. The summed E-state index contributed by atoms with van der Waals surface area (Å²) >= 11 is 0. The van der Waals surface area contributed by atoms with Crippen molar-refractivity contribution < 1.29 is 14.3 Å². The van der Waals surface area contributed by atoms with Crippen LogP contribution in [0.15, 0.2) is 54.6 Å². The molecule has 32 heavy (non-hydrogen) atoms. The van der Waals surface area contributed by atoms with Gasteiger partial charge < -0.3 is 14.4 Å². The summed E-state index contributed by atoms with van der Waals surface area (Å²) in [5.74, 6) is 0.946. The van der Waals surface area contributed by atoms with Crippen LogP contribution < -0.4 is 4.74 Å². The lowest BCUT2D eigenvalue weighted by Crippen LogP contribution is -2.49. The van der Waals surface area contributed by atoms with E-state index in [-0.39, 0.29) is 42.6 Å². The van der Waals surface area contributed by atoms with E-state index < -0.39 is 0 Å². The van der Waals surface area contributed by atoms with Crippen LogP contribution in [0.25, 0.3) is 0 Å². The molecule has 2 aromatic rings. The number of hydrogen-bond donors (Lipinski definition) is 0. The third-order valence-corrected chi connectivity index (χ3v) is 5.78. The van der Waals surface area contributed by atoms with Gasteiger partial charge in [-0.3, -0.25) is 9.69 Å². The highest BCUT2D eigenvalue weighted by Crippen LogP contribution is 2.20. The van der Waals surface area contributed by atoms with E-state index in [0.29, 0.717) is 6.61 Å². The molecule has 1 fully saturated rings. The number of carbonyl (C=O) groups is 1. The number of halogens is 2. The van der Waals surface area contributed by atoms with E-state index in [9.17, 15) is 4.79 Å². The molecular formula is C25H36Cl2N2O3. The van der Waals surface area contributed by atoms with Gasteiger partial charge in [-0.25, -0.2) is 0 Å². The average Bonchev–Trinajstić information content (AvgIpc) is 2.80. The Balaban J connectivity index is 0.00000256. The number of rotatable bonds is 10. The Morgan fingerprint density at radius 3 is 2.00 bits per heavy atom. The molecule has 0 radical (unpaired) electrons. The van der Waals surface area contributed by atoms with Crippen LogP contribution in [-0.2, 0) is 4.74 Å². The van der Waals surface area contributed by atoms with Crippen molar-refractivity contribution >= 4 is 30.6 Å². The van der Waals surface area contributed by atoms with Crippen molar-refractivity contribution in [2.24, 2.45) is 5.92 Å².